The van der Waals surface area contributed by atoms with Crippen LogP contribution in [0.25, 0.3) is 0 Å². The van der Waals surface area contributed by atoms with E-state index in [2.05, 4.69) is 10.1 Å². The predicted molar refractivity (Wildman–Crippen MR) is 103 cm³/mol. The predicted octanol–water partition coefficient (Wildman–Crippen LogP) is 2.94. The zero-order valence-electron chi connectivity index (χ0n) is 16.4. The lowest BCUT2D eigenvalue weighted by molar-refractivity contribution is -0.138. The number of hydrogen-bond acceptors (Lipinski definition) is 7. The summed E-state index contributed by atoms with van der Waals surface area (Å²) in [4.78, 5) is 30.5. The Hall–Kier alpha value is -3.68. The molecule has 0 aliphatic carbocycles. The third-order valence-electron chi connectivity index (χ3n) is 4.02. The van der Waals surface area contributed by atoms with Crippen LogP contribution in [0.15, 0.2) is 59.1 Å². The number of aryl methyl sites for hydroxylation is 1. The van der Waals surface area contributed by atoms with E-state index in [0.717, 1.165) is 0 Å². The minimum Gasteiger partial charge on any atom is -0.485 e. The standard InChI is InChI=1S/C21H21N3O5/c1-14-22-18(23-29-14)13-27-17-11-9-16(10-12-17)21(26)28-19(20(25)24(2)3)15-7-5-4-6-8-15/h4-12,19H,13H2,1-3H3/t19-/m1/s1. The highest BCUT2D eigenvalue weighted by molar-refractivity contribution is 5.92. The lowest BCUT2D eigenvalue weighted by Crippen LogP contribution is -2.31. The average Bonchev–Trinajstić information content (AvgIpc) is 3.16. The highest BCUT2D eigenvalue weighted by atomic mass is 16.5. The van der Waals surface area contributed by atoms with Gasteiger partial charge in [-0.15, -0.1) is 0 Å². The van der Waals surface area contributed by atoms with Crippen LogP contribution >= 0.6 is 0 Å². The molecule has 0 aliphatic heterocycles. The molecule has 0 N–H and O–H groups in total. The Labute approximate surface area is 168 Å². The van der Waals surface area contributed by atoms with Gasteiger partial charge in [0, 0.05) is 26.6 Å². The monoisotopic (exact) mass is 395 g/mol. The maximum absolute atomic E-state index is 12.6. The lowest BCUT2D eigenvalue weighted by atomic mass is 10.1. The highest BCUT2D eigenvalue weighted by Gasteiger charge is 2.27. The second-order valence-corrected chi connectivity index (χ2v) is 6.47. The maximum Gasteiger partial charge on any atom is 0.339 e. The number of benzene rings is 2. The fourth-order valence-corrected chi connectivity index (χ4v) is 2.53. The molecule has 3 rings (SSSR count). The molecule has 0 saturated carbocycles. The number of esters is 1. The van der Waals surface area contributed by atoms with Crippen molar-refractivity contribution in [3.8, 4) is 5.75 Å². The Morgan fingerprint density at radius 2 is 1.76 bits per heavy atom. The Balaban J connectivity index is 1.67. The molecule has 3 aromatic rings. The molecule has 0 fully saturated rings. The van der Waals surface area contributed by atoms with Gasteiger partial charge in [0.15, 0.2) is 6.61 Å². The summed E-state index contributed by atoms with van der Waals surface area (Å²) < 4.78 is 16.0. The molecule has 0 unspecified atom stereocenters. The average molecular weight is 395 g/mol. The van der Waals surface area contributed by atoms with E-state index in [1.165, 1.54) is 4.90 Å². The molecule has 0 saturated heterocycles. The Morgan fingerprint density at radius 3 is 2.34 bits per heavy atom. The minimum absolute atomic E-state index is 0.147. The Morgan fingerprint density at radius 1 is 1.07 bits per heavy atom. The smallest absolute Gasteiger partial charge is 0.339 e. The van der Waals surface area contributed by atoms with E-state index in [9.17, 15) is 9.59 Å². The van der Waals surface area contributed by atoms with Gasteiger partial charge in [-0.25, -0.2) is 4.79 Å². The molecule has 8 heteroatoms. The zero-order chi connectivity index (χ0) is 20.8. The van der Waals surface area contributed by atoms with Gasteiger partial charge in [0.2, 0.25) is 17.8 Å². The summed E-state index contributed by atoms with van der Waals surface area (Å²) in [7, 11) is 3.23. The summed E-state index contributed by atoms with van der Waals surface area (Å²) in [5.74, 6) is 0.503. The molecule has 150 valence electrons. The number of carbonyl (C=O) groups excluding carboxylic acids is 2. The van der Waals surface area contributed by atoms with Crippen molar-refractivity contribution in [2.24, 2.45) is 0 Å². The van der Waals surface area contributed by atoms with Gasteiger partial charge in [-0.1, -0.05) is 35.5 Å². The van der Waals surface area contributed by atoms with Crippen LogP contribution in [0.2, 0.25) is 0 Å². The first-order valence-electron chi connectivity index (χ1n) is 8.93. The second kappa shape index (κ2) is 9.01. The summed E-state index contributed by atoms with van der Waals surface area (Å²) >= 11 is 0. The fraction of sp³-hybridized carbons (Fsp3) is 0.238. The number of likely N-dealkylation sites (N-methyl/N-ethyl adjacent to an activating group) is 1. The summed E-state index contributed by atoms with van der Waals surface area (Å²) in [5.41, 5.74) is 0.912. The first-order chi connectivity index (χ1) is 13.9. The third kappa shape index (κ3) is 5.19. The molecule has 1 amide bonds. The fourth-order valence-electron chi connectivity index (χ4n) is 2.53. The van der Waals surface area contributed by atoms with E-state index in [1.54, 1.807) is 69.6 Å². The van der Waals surface area contributed by atoms with Gasteiger partial charge in [-0.2, -0.15) is 4.98 Å². The molecule has 0 spiro atoms. The van der Waals surface area contributed by atoms with Crippen LogP contribution in [-0.2, 0) is 16.1 Å². The van der Waals surface area contributed by atoms with E-state index in [4.69, 9.17) is 14.0 Å². The van der Waals surface area contributed by atoms with Gasteiger partial charge in [-0.05, 0) is 24.3 Å². The molecule has 0 radical (unpaired) electrons. The minimum atomic E-state index is -1.02. The van der Waals surface area contributed by atoms with Gasteiger partial charge in [-0.3, -0.25) is 4.79 Å². The van der Waals surface area contributed by atoms with Gasteiger partial charge >= 0.3 is 5.97 Å². The van der Waals surface area contributed by atoms with Crippen LogP contribution in [0.1, 0.15) is 33.7 Å². The van der Waals surface area contributed by atoms with Gasteiger partial charge in [0.1, 0.15) is 5.75 Å². The summed E-state index contributed by atoms with van der Waals surface area (Å²) in [6.45, 7) is 1.84. The molecule has 29 heavy (non-hydrogen) atoms. The number of amides is 1. The van der Waals surface area contributed by atoms with Gasteiger partial charge < -0.3 is 18.9 Å². The number of rotatable bonds is 7. The van der Waals surface area contributed by atoms with Crippen LogP contribution in [-0.4, -0.2) is 41.0 Å². The molecule has 1 heterocycles. The summed E-state index contributed by atoms with van der Waals surface area (Å²) in [6.07, 6.45) is -1.02. The Kier molecular flexibility index (Phi) is 6.23. The lowest BCUT2D eigenvalue weighted by Gasteiger charge is -2.21. The first kappa shape index (κ1) is 20.1. The number of hydrogen-bond donors (Lipinski definition) is 0. The summed E-state index contributed by atoms with van der Waals surface area (Å²) in [5, 5.41) is 3.75. The molecule has 0 aliphatic rings. The highest BCUT2D eigenvalue weighted by Crippen LogP contribution is 2.22. The SMILES string of the molecule is Cc1nc(COc2ccc(C(=O)O[C@@H](C(=O)N(C)C)c3ccccc3)cc2)no1. The van der Waals surface area contributed by atoms with E-state index in [0.29, 0.717) is 28.6 Å². The molecular weight excluding hydrogens is 374 g/mol. The van der Waals surface area contributed by atoms with Crippen molar-refractivity contribution < 1.29 is 23.6 Å². The van der Waals surface area contributed by atoms with Crippen LogP contribution in [0.4, 0.5) is 0 Å². The van der Waals surface area contributed by atoms with Crippen LogP contribution < -0.4 is 4.74 Å². The largest absolute Gasteiger partial charge is 0.485 e. The van der Waals surface area contributed by atoms with Crippen molar-refractivity contribution in [1.29, 1.82) is 0 Å². The van der Waals surface area contributed by atoms with Gasteiger partial charge in [0.05, 0.1) is 5.56 Å². The van der Waals surface area contributed by atoms with E-state index < -0.39 is 12.1 Å². The van der Waals surface area contributed by atoms with E-state index >= 15 is 0 Å². The molecule has 8 nitrogen and oxygen atoms in total. The van der Waals surface area contributed by atoms with E-state index in [-0.39, 0.29) is 12.5 Å². The quantitative estimate of drug-likeness (QED) is 0.568. The van der Waals surface area contributed by atoms with Crippen LogP contribution in [0.5, 0.6) is 5.75 Å². The van der Waals surface area contributed by atoms with Crippen LogP contribution in [0.3, 0.4) is 0 Å². The molecule has 1 atom stereocenters. The molecular formula is C21H21N3O5. The van der Waals surface area contributed by atoms with Crippen molar-refractivity contribution >= 4 is 11.9 Å². The van der Waals surface area contributed by atoms with E-state index in [1.807, 2.05) is 6.07 Å². The number of carbonyl (C=O) groups is 2. The third-order valence-corrected chi connectivity index (χ3v) is 4.02. The molecule has 1 aromatic heterocycles. The normalized spacial score (nSPS) is 11.6. The Bertz CT molecular complexity index is 967. The zero-order valence-corrected chi connectivity index (χ0v) is 16.4. The number of aromatic nitrogens is 2. The second-order valence-electron chi connectivity index (χ2n) is 6.47. The maximum atomic E-state index is 12.6. The molecule has 2 aromatic carbocycles. The number of nitrogens with zero attached hydrogens (tertiary/aromatic N) is 3. The van der Waals surface area contributed by atoms with Crippen molar-refractivity contribution in [3.63, 3.8) is 0 Å². The topological polar surface area (TPSA) is 94.8 Å². The number of ether oxygens (including phenoxy) is 2. The first-order valence-corrected chi connectivity index (χ1v) is 8.93. The molecule has 0 bridgehead atoms. The summed E-state index contributed by atoms with van der Waals surface area (Å²) in [6, 6.07) is 15.3. The van der Waals surface area contributed by atoms with Crippen molar-refractivity contribution in [1.82, 2.24) is 15.0 Å². The van der Waals surface area contributed by atoms with Crippen molar-refractivity contribution in [2.75, 3.05) is 14.1 Å². The van der Waals surface area contributed by atoms with Crippen LogP contribution in [0, 0.1) is 6.92 Å². The van der Waals surface area contributed by atoms with Gasteiger partial charge in [0.25, 0.3) is 5.91 Å². The van der Waals surface area contributed by atoms with Crippen molar-refractivity contribution in [3.05, 3.63) is 77.4 Å². The van der Waals surface area contributed by atoms with Crippen molar-refractivity contribution in [2.45, 2.75) is 19.6 Å².